The Balaban J connectivity index is 3.49. The Morgan fingerprint density at radius 3 is 2.33 bits per heavy atom. The Morgan fingerprint density at radius 1 is 1.39 bits per heavy atom. The first-order valence-corrected chi connectivity index (χ1v) is 4.07. The van der Waals surface area contributed by atoms with Gasteiger partial charge >= 0.3 is 12.0 Å². The second-order valence-corrected chi connectivity index (χ2v) is 2.87. The standard InChI is InChI=1S/C7H3F5N2O4/c8-6(9)4-5(14(16)17)2(1-3(15)13-4)18-7(10,11)12/h1,6H,(H,13,15). The molecule has 100 valence electrons. The van der Waals surface area contributed by atoms with Gasteiger partial charge in [0.2, 0.25) is 5.75 Å². The number of nitrogens with zero attached hydrogens (tertiary/aromatic N) is 1. The number of hydrogen-bond acceptors (Lipinski definition) is 4. The molecule has 1 aromatic rings. The van der Waals surface area contributed by atoms with Crippen LogP contribution in [0, 0.1) is 10.1 Å². The summed E-state index contributed by atoms with van der Waals surface area (Å²) in [4.78, 5) is 21.2. The molecular formula is C7H3F5N2O4. The van der Waals surface area contributed by atoms with Gasteiger partial charge in [-0.15, -0.1) is 13.2 Å². The van der Waals surface area contributed by atoms with Gasteiger partial charge in [0, 0.05) is 0 Å². The van der Waals surface area contributed by atoms with Crippen LogP contribution in [-0.4, -0.2) is 16.3 Å². The monoisotopic (exact) mass is 274 g/mol. The highest BCUT2D eigenvalue weighted by molar-refractivity contribution is 5.49. The minimum absolute atomic E-state index is 0.0670. The molecule has 0 radical (unpaired) electrons. The molecule has 1 rings (SSSR count). The van der Waals surface area contributed by atoms with Crippen LogP contribution in [0.4, 0.5) is 27.6 Å². The molecule has 1 N–H and O–H groups in total. The van der Waals surface area contributed by atoms with Crippen molar-refractivity contribution in [3.05, 3.63) is 32.2 Å². The largest absolute Gasteiger partial charge is 0.573 e. The van der Waals surface area contributed by atoms with E-state index >= 15 is 0 Å². The summed E-state index contributed by atoms with van der Waals surface area (Å²) in [5, 5.41) is 10.4. The van der Waals surface area contributed by atoms with Crippen molar-refractivity contribution in [2.75, 3.05) is 0 Å². The minimum Gasteiger partial charge on any atom is -0.398 e. The summed E-state index contributed by atoms with van der Waals surface area (Å²) in [6.07, 6.45) is -8.88. The molecule has 0 aromatic carbocycles. The molecule has 0 aliphatic carbocycles. The summed E-state index contributed by atoms with van der Waals surface area (Å²) < 4.78 is 63.6. The number of hydrogen-bond donors (Lipinski definition) is 1. The van der Waals surface area contributed by atoms with Crippen molar-refractivity contribution in [2.24, 2.45) is 0 Å². The number of aromatic amines is 1. The summed E-state index contributed by atoms with van der Waals surface area (Å²) >= 11 is 0. The molecule has 1 heterocycles. The van der Waals surface area contributed by atoms with Crippen LogP contribution in [-0.2, 0) is 0 Å². The molecule has 0 atom stereocenters. The molecule has 0 saturated carbocycles. The maximum absolute atomic E-state index is 12.4. The molecule has 0 saturated heterocycles. The van der Waals surface area contributed by atoms with E-state index in [1.807, 2.05) is 0 Å². The SMILES string of the molecule is O=c1cc(OC(F)(F)F)c([N+](=O)[O-])c(C(F)F)[nH]1. The Labute approximate surface area is 94.1 Å². The highest BCUT2D eigenvalue weighted by atomic mass is 19.4. The molecule has 0 fully saturated rings. The van der Waals surface area contributed by atoms with E-state index in [4.69, 9.17) is 0 Å². The van der Waals surface area contributed by atoms with Crippen molar-refractivity contribution in [3.63, 3.8) is 0 Å². The molecule has 18 heavy (non-hydrogen) atoms. The Bertz CT molecular complexity index is 524. The van der Waals surface area contributed by atoms with E-state index < -0.39 is 40.4 Å². The molecule has 6 nitrogen and oxygen atoms in total. The van der Waals surface area contributed by atoms with Gasteiger partial charge in [-0.05, 0) is 0 Å². The quantitative estimate of drug-likeness (QED) is 0.519. The van der Waals surface area contributed by atoms with Crippen LogP contribution in [0.3, 0.4) is 0 Å². The predicted molar refractivity (Wildman–Crippen MR) is 45.4 cm³/mol. The average molecular weight is 274 g/mol. The van der Waals surface area contributed by atoms with E-state index in [9.17, 15) is 36.9 Å². The normalized spacial score (nSPS) is 11.7. The first kappa shape index (κ1) is 13.9. The first-order valence-electron chi connectivity index (χ1n) is 4.07. The zero-order valence-electron chi connectivity index (χ0n) is 8.12. The Hall–Kier alpha value is -2.20. The van der Waals surface area contributed by atoms with Crippen LogP contribution in [0.15, 0.2) is 10.9 Å². The molecule has 0 aliphatic rings. The fraction of sp³-hybridized carbons (Fsp3) is 0.286. The fourth-order valence-corrected chi connectivity index (χ4v) is 1.10. The van der Waals surface area contributed by atoms with E-state index in [1.165, 1.54) is 4.98 Å². The lowest BCUT2D eigenvalue weighted by molar-refractivity contribution is -0.390. The highest BCUT2D eigenvalue weighted by Crippen LogP contribution is 2.36. The van der Waals surface area contributed by atoms with Gasteiger partial charge < -0.3 is 9.72 Å². The number of nitrogens with one attached hydrogen (secondary N) is 1. The fourth-order valence-electron chi connectivity index (χ4n) is 1.10. The molecule has 11 heteroatoms. The molecular weight excluding hydrogens is 271 g/mol. The predicted octanol–water partition coefficient (Wildman–Crippen LogP) is 2.12. The Kier molecular flexibility index (Phi) is 3.53. The average Bonchev–Trinajstić information content (AvgIpc) is 2.12. The lowest BCUT2D eigenvalue weighted by atomic mass is 10.3. The van der Waals surface area contributed by atoms with Gasteiger partial charge in [-0.25, -0.2) is 8.78 Å². The van der Waals surface area contributed by atoms with Gasteiger partial charge in [0.1, 0.15) is 0 Å². The third-order valence-electron chi connectivity index (χ3n) is 1.64. The summed E-state index contributed by atoms with van der Waals surface area (Å²) in [6, 6.07) is 0.0670. The van der Waals surface area contributed by atoms with Gasteiger partial charge in [0.25, 0.3) is 12.0 Å². The van der Waals surface area contributed by atoms with Gasteiger partial charge in [-0.1, -0.05) is 0 Å². The van der Waals surface area contributed by atoms with Crippen molar-refractivity contribution in [3.8, 4) is 5.75 Å². The smallest absolute Gasteiger partial charge is 0.398 e. The topological polar surface area (TPSA) is 85.2 Å². The van der Waals surface area contributed by atoms with Gasteiger partial charge in [-0.3, -0.25) is 14.9 Å². The lowest BCUT2D eigenvalue weighted by Crippen LogP contribution is -2.21. The third kappa shape index (κ3) is 3.15. The molecule has 0 bridgehead atoms. The van der Waals surface area contributed by atoms with Crippen molar-refractivity contribution < 1.29 is 31.6 Å². The van der Waals surface area contributed by atoms with Crippen LogP contribution in [0.1, 0.15) is 12.1 Å². The number of pyridine rings is 1. The van der Waals surface area contributed by atoms with Gasteiger partial charge in [0.05, 0.1) is 11.0 Å². The summed E-state index contributed by atoms with van der Waals surface area (Å²) in [5.41, 5.74) is -4.57. The number of ether oxygens (including phenoxy) is 1. The van der Waals surface area contributed by atoms with Crippen LogP contribution in [0.5, 0.6) is 5.75 Å². The molecule has 0 aliphatic heterocycles. The van der Waals surface area contributed by atoms with Gasteiger partial charge in [0.15, 0.2) is 5.69 Å². The van der Waals surface area contributed by atoms with E-state index in [1.54, 1.807) is 0 Å². The van der Waals surface area contributed by atoms with Crippen LogP contribution < -0.4 is 10.3 Å². The highest BCUT2D eigenvalue weighted by Gasteiger charge is 2.37. The van der Waals surface area contributed by atoms with E-state index in [-0.39, 0.29) is 6.07 Å². The number of H-pyrrole nitrogens is 1. The van der Waals surface area contributed by atoms with E-state index in [0.717, 1.165) is 0 Å². The first-order chi connectivity index (χ1) is 8.11. The van der Waals surface area contributed by atoms with Crippen molar-refractivity contribution in [1.29, 1.82) is 0 Å². The second kappa shape index (κ2) is 4.58. The maximum atomic E-state index is 12.4. The minimum atomic E-state index is -5.35. The van der Waals surface area contributed by atoms with Gasteiger partial charge in [-0.2, -0.15) is 0 Å². The molecule has 0 spiro atoms. The maximum Gasteiger partial charge on any atom is 0.573 e. The van der Waals surface area contributed by atoms with Crippen molar-refractivity contribution in [1.82, 2.24) is 4.98 Å². The van der Waals surface area contributed by atoms with Crippen molar-refractivity contribution >= 4 is 5.69 Å². The number of aromatic nitrogens is 1. The number of alkyl halides is 5. The van der Waals surface area contributed by atoms with Crippen molar-refractivity contribution in [2.45, 2.75) is 12.8 Å². The number of halogens is 5. The summed E-state index contributed by atoms with van der Waals surface area (Å²) in [7, 11) is 0. The van der Waals surface area contributed by atoms with Crippen LogP contribution >= 0.6 is 0 Å². The molecule has 0 amide bonds. The zero-order chi connectivity index (χ0) is 14.1. The van der Waals surface area contributed by atoms with Crippen LogP contribution in [0.2, 0.25) is 0 Å². The molecule has 0 unspecified atom stereocenters. The number of rotatable bonds is 3. The summed E-state index contributed by atoms with van der Waals surface area (Å²) in [5.74, 6) is -1.59. The third-order valence-corrected chi connectivity index (χ3v) is 1.64. The second-order valence-electron chi connectivity index (χ2n) is 2.87. The lowest BCUT2D eigenvalue weighted by Gasteiger charge is -2.10. The molecule has 1 aromatic heterocycles. The van der Waals surface area contributed by atoms with Crippen LogP contribution in [0.25, 0.3) is 0 Å². The summed E-state index contributed by atoms with van der Waals surface area (Å²) in [6.45, 7) is 0. The zero-order valence-corrected chi connectivity index (χ0v) is 8.12. The number of nitro groups is 1. The van der Waals surface area contributed by atoms with E-state index in [0.29, 0.717) is 0 Å². The van der Waals surface area contributed by atoms with E-state index in [2.05, 4.69) is 4.74 Å². The Morgan fingerprint density at radius 2 is 1.94 bits per heavy atom.